The predicted molar refractivity (Wildman–Crippen MR) is 126 cm³/mol. The number of para-hydroxylation sites is 1. The largest absolute Gasteiger partial charge is 0.486 e. The molecule has 0 radical (unpaired) electrons. The van der Waals surface area contributed by atoms with Gasteiger partial charge in [-0.2, -0.15) is 0 Å². The van der Waals surface area contributed by atoms with Gasteiger partial charge in [-0.3, -0.25) is 4.79 Å². The summed E-state index contributed by atoms with van der Waals surface area (Å²) >= 11 is 7.28. The highest BCUT2D eigenvalue weighted by atomic mass is 35.5. The Morgan fingerprint density at radius 1 is 1.06 bits per heavy atom. The van der Waals surface area contributed by atoms with E-state index >= 15 is 0 Å². The number of benzene rings is 2. The molecule has 0 aliphatic rings. The second-order valence-corrected chi connectivity index (χ2v) is 8.26. The minimum atomic E-state index is -0.0507. The third-order valence-corrected chi connectivity index (χ3v) is 6.11. The molecule has 1 amide bonds. The Hall–Kier alpha value is -2.51. The molecule has 3 rings (SSSR count). The maximum Gasteiger partial charge on any atom is 0.234 e. The van der Waals surface area contributed by atoms with E-state index in [4.69, 9.17) is 16.3 Å². The standard InChI is InChI=1S/C23H27ClN4O2S/c1-4-16-8-7-9-17(5-2)22(16)25-21(29)15-31-23-27-26-20(28(23)6-3)14-30-19-12-10-18(24)11-13-19/h7-13H,4-6,14-15H2,1-3H3,(H,25,29). The summed E-state index contributed by atoms with van der Waals surface area (Å²) in [6, 6.07) is 13.3. The van der Waals surface area contributed by atoms with Gasteiger partial charge in [-0.05, 0) is 55.2 Å². The van der Waals surface area contributed by atoms with E-state index in [0.29, 0.717) is 34.9 Å². The molecule has 1 N–H and O–H groups in total. The van der Waals surface area contributed by atoms with Crippen molar-refractivity contribution in [3.8, 4) is 5.75 Å². The molecular formula is C23H27ClN4O2S. The molecule has 0 aliphatic heterocycles. The molecule has 0 unspecified atom stereocenters. The molecule has 8 heteroatoms. The van der Waals surface area contributed by atoms with Gasteiger partial charge >= 0.3 is 0 Å². The number of carbonyl (C=O) groups is 1. The minimum absolute atomic E-state index is 0.0507. The van der Waals surface area contributed by atoms with Crippen molar-refractivity contribution < 1.29 is 9.53 Å². The molecule has 2 aromatic carbocycles. The molecule has 1 heterocycles. The Labute approximate surface area is 192 Å². The number of aryl methyl sites for hydroxylation is 2. The van der Waals surface area contributed by atoms with Crippen molar-refractivity contribution in [3.63, 3.8) is 0 Å². The van der Waals surface area contributed by atoms with E-state index in [2.05, 4.69) is 41.5 Å². The van der Waals surface area contributed by atoms with Crippen LogP contribution in [0.15, 0.2) is 47.6 Å². The fourth-order valence-electron chi connectivity index (χ4n) is 3.24. The number of halogens is 1. The normalized spacial score (nSPS) is 10.8. The van der Waals surface area contributed by atoms with Crippen LogP contribution in [0.5, 0.6) is 5.75 Å². The molecule has 6 nitrogen and oxygen atoms in total. The second kappa shape index (κ2) is 11.2. The van der Waals surface area contributed by atoms with Crippen LogP contribution >= 0.6 is 23.4 Å². The summed E-state index contributed by atoms with van der Waals surface area (Å²) in [7, 11) is 0. The van der Waals surface area contributed by atoms with Gasteiger partial charge in [0.25, 0.3) is 0 Å². The molecule has 164 valence electrons. The van der Waals surface area contributed by atoms with E-state index in [0.717, 1.165) is 29.7 Å². The summed E-state index contributed by atoms with van der Waals surface area (Å²) in [5.41, 5.74) is 3.24. The fourth-order valence-corrected chi connectivity index (χ4v) is 4.18. The number of thioether (sulfide) groups is 1. The van der Waals surface area contributed by atoms with Crippen LogP contribution in [0.3, 0.4) is 0 Å². The average Bonchev–Trinajstić information content (AvgIpc) is 3.19. The van der Waals surface area contributed by atoms with Crippen LogP contribution < -0.4 is 10.1 Å². The lowest BCUT2D eigenvalue weighted by Gasteiger charge is -2.14. The van der Waals surface area contributed by atoms with E-state index in [-0.39, 0.29) is 11.7 Å². The highest BCUT2D eigenvalue weighted by Crippen LogP contribution is 2.24. The first-order valence-corrected chi connectivity index (χ1v) is 11.8. The number of carbonyl (C=O) groups excluding carboxylic acids is 1. The number of hydrogen-bond acceptors (Lipinski definition) is 5. The summed E-state index contributed by atoms with van der Waals surface area (Å²) < 4.78 is 7.75. The maximum absolute atomic E-state index is 12.6. The molecule has 0 bridgehead atoms. The zero-order valence-electron chi connectivity index (χ0n) is 18.0. The molecule has 0 aliphatic carbocycles. The lowest BCUT2D eigenvalue weighted by atomic mass is 10.0. The molecule has 3 aromatic rings. The molecule has 0 spiro atoms. The van der Waals surface area contributed by atoms with Crippen molar-refractivity contribution in [1.82, 2.24) is 14.8 Å². The van der Waals surface area contributed by atoms with Crippen LogP contribution in [0.4, 0.5) is 5.69 Å². The number of hydrogen-bond donors (Lipinski definition) is 1. The first-order chi connectivity index (χ1) is 15.0. The van der Waals surface area contributed by atoms with Crippen LogP contribution in [0.2, 0.25) is 5.02 Å². The highest BCUT2D eigenvalue weighted by molar-refractivity contribution is 7.99. The van der Waals surface area contributed by atoms with Crippen molar-refractivity contribution in [1.29, 1.82) is 0 Å². The Morgan fingerprint density at radius 2 is 1.74 bits per heavy atom. The molecule has 31 heavy (non-hydrogen) atoms. The van der Waals surface area contributed by atoms with Gasteiger partial charge in [0, 0.05) is 17.3 Å². The minimum Gasteiger partial charge on any atom is -0.486 e. The number of nitrogens with zero attached hydrogens (tertiary/aromatic N) is 3. The Balaban J connectivity index is 1.62. The van der Waals surface area contributed by atoms with E-state index in [1.807, 2.05) is 29.7 Å². The highest BCUT2D eigenvalue weighted by Gasteiger charge is 2.15. The topological polar surface area (TPSA) is 69.0 Å². The maximum atomic E-state index is 12.6. The van der Waals surface area contributed by atoms with Crippen LogP contribution in [0, 0.1) is 0 Å². The molecular weight excluding hydrogens is 432 g/mol. The quantitative estimate of drug-likeness (QED) is 0.413. The molecule has 0 atom stereocenters. The fraction of sp³-hybridized carbons (Fsp3) is 0.348. The number of rotatable bonds is 10. The van der Waals surface area contributed by atoms with E-state index < -0.39 is 0 Å². The molecule has 0 saturated carbocycles. The van der Waals surface area contributed by atoms with Gasteiger partial charge in [0.2, 0.25) is 5.91 Å². The van der Waals surface area contributed by atoms with Gasteiger partial charge in [-0.15, -0.1) is 10.2 Å². The first kappa shape index (κ1) is 23.2. The Morgan fingerprint density at radius 3 is 2.35 bits per heavy atom. The summed E-state index contributed by atoms with van der Waals surface area (Å²) in [5.74, 6) is 1.64. The van der Waals surface area contributed by atoms with Crippen molar-refractivity contribution in [2.75, 3.05) is 11.1 Å². The number of ether oxygens (including phenoxy) is 1. The lowest BCUT2D eigenvalue weighted by molar-refractivity contribution is -0.113. The smallest absolute Gasteiger partial charge is 0.234 e. The van der Waals surface area contributed by atoms with Gasteiger partial charge in [-0.1, -0.05) is 55.4 Å². The van der Waals surface area contributed by atoms with E-state index in [1.54, 1.807) is 12.1 Å². The summed E-state index contributed by atoms with van der Waals surface area (Å²) in [4.78, 5) is 12.6. The van der Waals surface area contributed by atoms with E-state index in [9.17, 15) is 4.79 Å². The second-order valence-electron chi connectivity index (χ2n) is 6.88. The third kappa shape index (κ3) is 6.02. The number of amides is 1. The van der Waals surface area contributed by atoms with Crippen molar-refractivity contribution in [2.45, 2.75) is 51.9 Å². The molecule has 0 fully saturated rings. The zero-order chi connectivity index (χ0) is 22.2. The van der Waals surface area contributed by atoms with Crippen molar-refractivity contribution in [3.05, 3.63) is 64.4 Å². The number of anilines is 1. The zero-order valence-corrected chi connectivity index (χ0v) is 19.6. The molecule has 1 aromatic heterocycles. The summed E-state index contributed by atoms with van der Waals surface area (Å²) in [6.45, 7) is 7.19. The SMILES string of the molecule is CCc1cccc(CC)c1NC(=O)CSc1nnc(COc2ccc(Cl)cc2)n1CC. The van der Waals surface area contributed by atoms with Gasteiger partial charge in [-0.25, -0.2) is 0 Å². The van der Waals surface area contributed by atoms with Crippen LogP contribution in [-0.2, 0) is 30.8 Å². The Kier molecular flexibility index (Phi) is 8.37. The van der Waals surface area contributed by atoms with Gasteiger partial charge < -0.3 is 14.6 Å². The average molecular weight is 459 g/mol. The summed E-state index contributed by atoms with van der Waals surface area (Å²) in [5, 5.41) is 13.0. The van der Waals surface area contributed by atoms with Gasteiger partial charge in [0.05, 0.1) is 5.75 Å². The monoisotopic (exact) mass is 458 g/mol. The van der Waals surface area contributed by atoms with Gasteiger partial charge in [0.1, 0.15) is 12.4 Å². The Bertz CT molecular complexity index is 999. The lowest BCUT2D eigenvalue weighted by Crippen LogP contribution is -2.17. The number of aromatic nitrogens is 3. The molecule has 0 saturated heterocycles. The first-order valence-electron chi connectivity index (χ1n) is 10.4. The van der Waals surface area contributed by atoms with E-state index in [1.165, 1.54) is 11.8 Å². The van der Waals surface area contributed by atoms with Crippen LogP contribution in [-0.4, -0.2) is 26.4 Å². The van der Waals surface area contributed by atoms with Crippen molar-refractivity contribution >= 4 is 35.0 Å². The summed E-state index contributed by atoms with van der Waals surface area (Å²) in [6.07, 6.45) is 1.75. The third-order valence-electron chi connectivity index (χ3n) is 4.89. The predicted octanol–water partition coefficient (Wildman–Crippen LogP) is 5.39. The number of nitrogens with one attached hydrogen (secondary N) is 1. The van der Waals surface area contributed by atoms with Crippen LogP contribution in [0.25, 0.3) is 0 Å². The van der Waals surface area contributed by atoms with Gasteiger partial charge in [0.15, 0.2) is 11.0 Å². The van der Waals surface area contributed by atoms with Crippen LogP contribution in [0.1, 0.15) is 37.7 Å². The van der Waals surface area contributed by atoms with Crippen molar-refractivity contribution in [2.24, 2.45) is 0 Å².